The van der Waals surface area contributed by atoms with Gasteiger partial charge in [0.2, 0.25) is 5.91 Å². The highest BCUT2D eigenvalue weighted by Crippen LogP contribution is 2.50. The summed E-state index contributed by atoms with van der Waals surface area (Å²) in [5, 5.41) is 0. The molecule has 38 heavy (non-hydrogen) atoms. The summed E-state index contributed by atoms with van der Waals surface area (Å²) in [6.45, 7) is 6.60. The molecule has 1 spiro atoms. The van der Waals surface area contributed by atoms with Crippen LogP contribution in [-0.2, 0) is 21.5 Å². The third kappa shape index (κ3) is 4.76. The molecule has 5 rings (SSSR count). The van der Waals surface area contributed by atoms with E-state index in [4.69, 9.17) is 14.5 Å². The molecular formula is C31H33N3O4. The highest BCUT2D eigenvalue weighted by molar-refractivity contribution is 6.25. The third-order valence-corrected chi connectivity index (χ3v) is 7.02. The van der Waals surface area contributed by atoms with Gasteiger partial charge in [0.05, 0.1) is 18.2 Å². The standard InChI is InChI=1S/C31H33N3O4/c1-30(2,3)38-29(36)34-25-16-10-8-14-23(25)31(28(34)32-24-15-9-11-17-26(24)37-4)18-19-33(27(35)20-31)21-22-12-6-5-7-13-22/h5-17H,18-21H2,1-4H3. The number of amidine groups is 1. The fourth-order valence-corrected chi connectivity index (χ4v) is 5.31. The molecule has 0 radical (unpaired) electrons. The Hall–Kier alpha value is -4.13. The molecule has 0 N–H and O–H groups in total. The Morgan fingerprint density at radius 2 is 1.66 bits per heavy atom. The van der Waals surface area contributed by atoms with Crippen molar-refractivity contribution in [2.45, 2.75) is 51.2 Å². The molecule has 7 nitrogen and oxygen atoms in total. The second kappa shape index (κ2) is 9.97. The lowest BCUT2D eigenvalue weighted by molar-refractivity contribution is -0.135. The van der Waals surface area contributed by atoms with Crippen LogP contribution in [0.2, 0.25) is 0 Å². The van der Waals surface area contributed by atoms with Crippen molar-refractivity contribution in [1.29, 1.82) is 0 Å². The van der Waals surface area contributed by atoms with Crippen molar-refractivity contribution >= 4 is 29.2 Å². The van der Waals surface area contributed by atoms with Crippen LogP contribution >= 0.6 is 0 Å². The minimum Gasteiger partial charge on any atom is -0.494 e. The second-order valence-corrected chi connectivity index (χ2v) is 10.7. The Morgan fingerprint density at radius 3 is 2.37 bits per heavy atom. The Morgan fingerprint density at radius 1 is 0.974 bits per heavy atom. The van der Waals surface area contributed by atoms with E-state index in [9.17, 15) is 9.59 Å². The van der Waals surface area contributed by atoms with E-state index in [-0.39, 0.29) is 12.3 Å². The molecule has 196 valence electrons. The maximum absolute atomic E-state index is 13.7. The van der Waals surface area contributed by atoms with Crippen LogP contribution in [0.4, 0.5) is 16.2 Å². The predicted octanol–water partition coefficient (Wildman–Crippen LogP) is 6.24. The zero-order chi connectivity index (χ0) is 26.9. The van der Waals surface area contributed by atoms with Crippen molar-refractivity contribution in [2.75, 3.05) is 18.6 Å². The summed E-state index contributed by atoms with van der Waals surface area (Å²) < 4.78 is 11.4. The first kappa shape index (κ1) is 25.5. The first-order valence-corrected chi connectivity index (χ1v) is 12.9. The average Bonchev–Trinajstić information content (AvgIpc) is 3.14. The van der Waals surface area contributed by atoms with Gasteiger partial charge in [-0.3, -0.25) is 4.79 Å². The fraction of sp³-hybridized carbons (Fsp3) is 0.323. The predicted molar refractivity (Wildman–Crippen MR) is 148 cm³/mol. The maximum atomic E-state index is 13.7. The summed E-state index contributed by atoms with van der Waals surface area (Å²) in [7, 11) is 1.59. The van der Waals surface area contributed by atoms with E-state index < -0.39 is 17.1 Å². The number of fused-ring (bicyclic) bond motifs is 2. The number of piperidine rings is 1. The maximum Gasteiger partial charge on any atom is 0.420 e. The number of hydrogen-bond donors (Lipinski definition) is 0. The van der Waals surface area contributed by atoms with Gasteiger partial charge in [-0.15, -0.1) is 0 Å². The van der Waals surface area contributed by atoms with Gasteiger partial charge in [-0.05, 0) is 56.5 Å². The number of carbonyl (C=O) groups is 2. The lowest BCUT2D eigenvalue weighted by Gasteiger charge is -2.40. The Bertz CT molecular complexity index is 1380. The summed E-state index contributed by atoms with van der Waals surface area (Å²) in [5.41, 5.74) is 1.80. The molecule has 3 aromatic rings. The Labute approximate surface area is 223 Å². The van der Waals surface area contributed by atoms with Crippen LogP contribution in [0.15, 0.2) is 83.9 Å². The van der Waals surface area contributed by atoms with Gasteiger partial charge < -0.3 is 14.4 Å². The van der Waals surface area contributed by atoms with Crippen LogP contribution in [0.1, 0.15) is 44.7 Å². The normalized spacial score (nSPS) is 20.1. The number of anilines is 1. The molecule has 1 unspecified atom stereocenters. The summed E-state index contributed by atoms with van der Waals surface area (Å²) in [5.74, 6) is 1.10. The minimum absolute atomic E-state index is 0.0219. The number of likely N-dealkylation sites (tertiary alicyclic amines) is 1. The van der Waals surface area contributed by atoms with Crippen molar-refractivity contribution in [3.63, 3.8) is 0 Å². The number of para-hydroxylation sites is 3. The van der Waals surface area contributed by atoms with Gasteiger partial charge >= 0.3 is 6.09 Å². The summed E-state index contributed by atoms with van der Waals surface area (Å²) in [6.07, 6.45) is 0.301. The summed E-state index contributed by atoms with van der Waals surface area (Å²) >= 11 is 0. The molecular weight excluding hydrogens is 478 g/mol. The smallest absolute Gasteiger partial charge is 0.420 e. The molecule has 0 aromatic heterocycles. The van der Waals surface area contributed by atoms with E-state index >= 15 is 0 Å². The lowest BCUT2D eigenvalue weighted by Crippen LogP contribution is -2.52. The van der Waals surface area contributed by atoms with E-state index in [1.165, 1.54) is 0 Å². The van der Waals surface area contributed by atoms with Crippen LogP contribution in [0.5, 0.6) is 5.75 Å². The van der Waals surface area contributed by atoms with E-state index in [1.807, 2.05) is 105 Å². The van der Waals surface area contributed by atoms with Crippen LogP contribution < -0.4 is 9.64 Å². The molecule has 2 heterocycles. The number of benzene rings is 3. The van der Waals surface area contributed by atoms with E-state index in [2.05, 4.69) is 0 Å². The van der Waals surface area contributed by atoms with Gasteiger partial charge in [0.25, 0.3) is 0 Å². The first-order chi connectivity index (χ1) is 18.2. The van der Waals surface area contributed by atoms with Crippen LogP contribution in [0.25, 0.3) is 0 Å². The van der Waals surface area contributed by atoms with Crippen molar-refractivity contribution in [3.8, 4) is 5.75 Å². The molecule has 1 fully saturated rings. The number of rotatable bonds is 4. The molecule has 1 saturated heterocycles. The summed E-state index contributed by atoms with van der Waals surface area (Å²) in [4.78, 5) is 35.9. The number of aliphatic imine (C=N–C) groups is 1. The molecule has 7 heteroatoms. The molecule has 0 saturated carbocycles. The quantitative estimate of drug-likeness (QED) is 0.416. The highest BCUT2D eigenvalue weighted by atomic mass is 16.6. The van der Waals surface area contributed by atoms with Crippen LogP contribution in [-0.4, -0.2) is 42.0 Å². The number of amides is 2. The molecule has 2 aliphatic rings. The SMILES string of the molecule is COc1ccccc1N=C1N(C(=O)OC(C)(C)C)c2ccccc2C12CCN(Cc1ccccc1)C(=O)C2. The third-order valence-electron chi connectivity index (χ3n) is 7.02. The van der Waals surface area contributed by atoms with Gasteiger partial charge in [-0.2, -0.15) is 0 Å². The second-order valence-electron chi connectivity index (χ2n) is 10.7. The topological polar surface area (TPSA) is 71.4 Å². The number of ether oxygens (including phenoxy) is 2. The van der Waals surface area contributed by atoms with E-state index in [1.54, 1.807) is 12.0 Å². The average molecular weight is 512 g/mol. The van der Waals surface area contributed by atoms with Crippen molar-refractivity contribution in [3.05, 3.63) is 90.0 Å². The zero-order valence-electron chi connectivity index (χ0n) is 22.3. The fourth-order valence-electron chi connectivity index (χ4n) is 5.31. The summed E-state index contributed by atoms with van der Waals surface area (Å²) in [6, 6.07) is 25.2. The van der Waals surface area contributed by atoms with Crippen LogP contribution in [0, 0.1) is 0 Å². The largest absolute Gasteiger partial charge is 0.494 e. The van der Waals surface area contributed by atoms with Gasteiger partial charge in [-0.25, -0.2) is 14.7 Å². The van der Waals surface area contributed by atoms with Gasteiger partial charge in [0, 0.05) is 19.5 Å². The van der Waals surface area contributed by atoms with Gasteiger partial charge in [-0.1, -0.05) is 60.7 Å². The molecule has 0 bridgehead atoms. The molecule has 0 aliphatic carbocycles. The number of methoxy groups -OCH3 is 1. The number of carbonyl (C=O) groups excluding carboxylic acids is 2. The van der Waals surface area contributed by atoms with Gasteiger partial charge in [0.1, 0.15) is 22.9 Å². The minimum atomic E-state index is -0.779. The van der Waals surface area contributed by atoms with Crippen LogP contribution in [0.3, 0.4) is 0 Å². The Kier molecular flexibility index (Phi) is 6.69. The first-order valence-electron chi connectivity index (χ1n) is 12.9. The molecule has 1 atom stereocenters. The van der Waals surface area contributed by atoms with Gasteiger partial charge in [0.15, 0.2) is 0 Å². The monoisotopic (exact) mass is 511 g/mol. The van der Waals surface area contributed by atoms with Crippen molar-refractivity contribution in [2.24, 2.45) is 4.99 Å². The highest BCUT2D eigenvalue weighted by Gasteiger charge is 2.55. The van der Waals surface area contributed by atoms with E-state index in [0.29, 0.717) is 42.5 Å². The van der Waals surface area contributed by atoms with Crippen molar-refractivity contribution in [1.82, 2.24) is 4.90 Å². The Balaban J connectivity index is 1.61. The molecule has 3 aromatic carbocycles. The number of hydrogen-bond acceptors (Lipinski definition) is 5. The molecule has 2 aliphatic heterocycles. The van der Waals surface area contributed by atoms with E-state index in [0.717, 1.165) is 11.1 Å². The van der Waals surface area contributed by atoms with Crippen molar-refractivity contribution < 1.29 is 19.1 Å². The lowest BCUT2D eigenvalue weighted by atomic mass is 9.73. The zero-order valence-corrected chi connectivity index (χ0v) is 22.3. The molecule has 2 amide bonds. The number of nitrogens with zero attached hydrogens (tertiary/aromatic N) is 3.